The summed E-state index contributed by atoms with van der Waals surface area (Å²) in [5, 5.41) is 3.56. The van der Waals surface area contributed by atoms with Crippen LogP contribution in [0.2, 0.25) is 0 Å². The van der Waals surface area contributed by atoms with E-state index in [2.05, 4.69) is 36.3 Å². The van der Waals surface area contributed by atoms with Crippen LogP contribution in [0.15, 0.2) is 64.9 Å². The van der Waals surface area contributed by atoms with E-state index in [0.717, 1.165) is 23.7 Å². The number of nitrogens with zero attached hydrogens (tertiary/aromatic N) is 3. The summed E-state index contributed by atoms with van der Waals surface area (Å²) in [5.41, 5.74) is 3.98. The van der Waals surface area contributed by atoms with Gasteiger partial charge in [-0.1, -0.05) is 17.8 Å². The summed E-state index contributed by atoms with van der Waals surface area (Å²) in [6.07, 6.45) is 5.39. The largest absolute Gasteiger partial charge is 0.325 e. The van der Waals surface area contributed by atoms with Gasteiger partial charge in [0.05, 0.1) is 10.6 Å². The number of anilines is 1. The van der Waals surface area contributed by atoms with Crippen LogP contribution in [0.25, 0.3) is 5.69 Å². The number of aromatic nitrogens is 2. The molecule has 1 aliphatic rings. The van der Waals surface area contributed by atoms with E-state index in [4.69, 9.17) is 0 Å². The van der Waals surface area contributed by atoms with Gasteiger partial charge in [0.25, 0.3) is 0 Å². The van der Waals surface area contributed by atoms with Gasteiger partial charge in [0.1, 0.15) is 0 Å². The lowest BCUT2D eigenvalue weighted by atomic mass is 10.1. The van der Waals surface area contributed by atoms with Crippen molar-refractivity contribution in [3.8, 4) is 5.69 Å². The summed E-state index contributed by atoms with van der Waals surface area (Å²) in [4.78, 5) is 17.1. The molecular formula is C23H26N4O3S2. The first-order valence-electron chi connectivity index (χ1n) is 10.5. The van der Waals surface area contributed by atoms with Gasteiger partial charge in [-0.25, -0.2) is 13.4 Å². The summed E-state index contributed by atoms with van der Waals surface area (Å²) in [6.45, 7) is 5.27. The smallest absolute Gasteiger partial charge is 0.243 e. The topological polar surface area (TPSA) is 84.3 Å². The Morgan fingerprint density at radius 2 is 1.78 bits per heavy atom. The average Bonchev–Trinajstić information content (AvgIpc) is 3.47. The molecule has 0 bridgehead atoms. The molecule has 0 spiro atoms. The number of aryl methyl sites for hydroxylation is 2. The second kappa shape index (κ2) is 9.48. The van der Waals surface area contributed by atoms with E-state index in [-0.39, 0.29) is 16.6 Å². The zero-order valence-corrected chi connectivity index (χ0v) is 19.7. The number of carbonyl (C=O) groups excluding carboxylic acids is 1. The van der Waals surface area contributed by atoms with Gasteiger partial charge < -0.3 is 5.32 Å². The average molecular weight is 471 g/mol. The van der Waals surface area contributed by atoms with Crippen LogP contribution in [-0.2, 0) is 14.8 Å². The normalized spacial score (nSPS) is 14.6. The summed E-state index contributed by atoms with van der Waals surface area (Å²) in [7, 11) is -3.46. The first-order valence-corrected chi connectivity index (χ1v) is 12.9. The lowest BCUT2D eigenvalue weighted by molar-refractivity contribution is -0.113. The highest BCUT2D eigenvalue weighted by Crippen LogP contribution is 2.24. The molecule has 1 amide bonds. The van der Waals surface area contributed by atoms with E-state index >= 15 is 0 Å². The zero-order valence-electron chi connectivity index (χ0n) is 18.1. The number of benzene rings is 2. The van der Waals surface area contributed by atoms with Gasteiger partial charge >= 0.3 is 0 Å². The molecule has 0 radical (unpaired) electrons. The van der Waals surface area contributed by atoms with Gasteiger partial charge in [0.15, 0.2) is 5.16 Å². The number of sulfonamides is 1. The van der Waals surface area contributed by atoms with Gasteiger partial charge in [-0.15, -0.1) is 0 Å². The second-order valence-electron chi connectivity index (χ2n) is 7.82. The number of nitrogens with one attached hydrogen (secondary N) is 1. The van der Waals surface area contributed by atoms with Crippen molar-refractivity contribution in [2.45, 2.75) is 36.7 Å². The molecular weight excluding hydrogens is 444 g/mol. The summed E-state index contributed by atoms with van der Waals surface area (Å²) < 4.78 is 28.7. The van der Waals surface area contributed by atoms with Crippen molar-refractivity contribution in [3.63, 3.8) is 0 Å². The number of hydrogen-bond donors (Lipinski definition) is 1. The predicted octanol–water partition coefficient (Wildman–Crippen LogP) is 4.00. The van der Waals surface area contributed by atoms with Gasteiger partial charge in [-0.2, -0.15) is 4.31 Å². The molecule has 0 atom stereocenters. The van der Waals surface area contributed by atoms with Crippen LogP contribution in [0.1, 0.15) is 24.0 Å². The molecule has 0 aliphatic carbocycles. The fourth-order valence-electron chi connectivity index (χ4n) is 3.58. The minimum Gasteiger partial charge on any atom is -0.325 e. The number of carbonyl (C=O) groups is 1. The molecule has 32 heavy (non-hydrogen) atoms. The van der Waals surface area contributed by atoms with Gasteiger partial charge in [-0.3, -0.25) is 9.36 Å². The fourth-order valence-corrected chi connectivity index (χ4v) is 5.87. The Kier molecular flexibility index (Phi) is 6.68. The number of amides is 1. The number of rotatable bonds is 7. The van der Waals surface area contributed by atoms with Crippen molar-refractivity contribution in [2.75, 3.05) is 24.2 Å². The quantitative estimate of drug-likeness (QED) is 0.528. The molecule has 1 aromatic heterocycles. The van der Waals surface area contributed by atoms with Crippen molar-refractivity contribution in [1.82, 2.24) is 13.9 Å². The minimum atomic E-state index is -3.46. The van der Waals surface area contributed by atoms with E-state index in [9.17, 15) is 13.2 Å². The molecule has 1 saturated heterocycles. The molecule has 3 aromatic rings. The maximum atomic E-state index is 12.6. The van der Waals surface area contributed by atoms with E-state index in [0.29, 0.717) is 18.8 Å². The van der Waals surface area contributed by atoms with E-state index in [1.165, 1.54) is 27.2 Å². The summed E-state index contributed by atoms with van der Waals surface area (Å²) in [5.74, 6) is 0.00941. The zero-order chi connectivity index (χ0) is 22.7. The third kappa shape index (κ3) is 4.90. The summed E-state index contributed by atoms with van der Waals surface area (Å²) >= 11 is 1.35. The number of thioether (sulfide) groups is 1. The molecule has 1 N–H and O–H groups in total. The van der Waals surface area contributed by atoms with Crippen molar-refractivity contribution in [1.29, 1.82) is 0 Å². The SMILES string of the molecule is Cc1ccc(-n2ccnc2SCC(=O)Nc2ccc(S(=O)(=O)N3CCCC3)cc2)cc1C. The number of hydrogen-bond acceptors (Lipinski definition) is 5. The van der Waals surface area contributed by atoms with Crippen LogP contribution in [0.4, 0.5) is 5.69 Å². The first-order chi connectivity index (χ1) is 15.3. The molecule has 9 heteroatoms. The van der Waals surface area contributed by atoms with E-state index < -0.39 is 10.0 Å². The van der Waals surface area contributed by atoms with Crippen LogP contribution < -0.4 is 5.32 Å². The number of imidazole rings is 1. The molecule has 2 heterocycles. The first kappa shape index (κ1) is 22.6. The maximum Gasteiger partial charge on any atom is 0.243 e. The van der Waals surface area contributed by atoms with Gasteiger partial charge in [-0.05, 0) is 74.2 Å². The van der Waals surface area contributed by atoms with E-state index in [1.54, 1.807) is 30.5 Å². The van der Waals surface area contributed by atoms with Crippen LogP contribution in [0, 0.1) is 13.8 Å². The molecule has 0 saturated carbocycles. The molecule has 2 aromatic carbocycles. The molecule has 168 valence electrons. The van der Waals surface area contributed by atoms with Crippen LogP contribution in [-0.4, -0.2) is 47.0 Å². The maximum absolute atomic E-state index is 12.6. The molecule has 1 aliphatic heterocycles. The Labute approximate surface area is 192 Å². The fraction of sp³-hybridized carbons (Fsp3) is 0.304. The Morgan fingerprint density at radius 3 is 2.47 bits per heavy atom. The van der Waals surface area contributed by atoms with Crippen LogP contribution in [0.3, 0.4) is 0 Å². The second-order valence-corrected chi connectivity index (χ2v) is 10.7. The Bertz CT molecular complexity index is 1210. The van der Waals surface area contributed by atoms with Crippen molar-refractivity contribution in [3.05, 3.63) is 66.0 Å². The third-order valence-corrected chi connectivity index (χ3v) is 8.43. The van der Waals surface area contributed by atoms with Crippen molar-refractivity contribution in [2.24, 2.45) is 0 Å². The Balaban J connectivity index is 1.37. The van der Waals surface area contributed by atoms with Crippen LogP contribution >= 0.6 is 11.8 Å². The monoisotopic (exact) mass is 470 g/mol. The van der Waals surface area contributed by atoms with Crippen molar-refractivity contribution < 1.29 is 13.2 Å². The Morgan fingerprint density at radius 1 is 1.06 bits per heavy atom. The highest BCUT2D eigenvalue weighted by Gasteiger charge is 2.26. The highest BCUT2D eigenvalue weighted by molar-refractivity contribution is 7.99. The molecule has 7 nitrogen and oxygen atoms in total. The van der Waals surface area contributed by atoms with Crippen LogP contribution in [0.5, 0.6) is 0 Å². The standard InChI is InChI=1S/C23H26N4O3S2/c1-17-5-8-20(15-18(17)2)27-14-11-24-23(27)31-16-22(28)25-19-6-9-21(10-7-19)32(29,30)26-12-3-4-13-26/h5-11,14-15H,3-4,12-13,16H2,1-2H3,(H,25,28). The van der Waals surface area contributed by atoms with E-state index in [1.807, 2.05) is 16.8 Å². The Hall–Kier alpha value is -2.62. The summed E-state index contributed by atoms with van der Waals surface area (Å²) in [6, 6.07) is 12.5. The molecule has 0 unspecified atom stereocenters. The molecule has 4 rings (SSSR count). The molecule has 1 fully saturated rings. The predicted molar refractivity (Wildman–Crippen MR) is 127 cm³/mol. The minimum absolute atomic E-state index is 0.181. The van der Waals surface area contributed by atoms with Gasteiger partial charge in [0, 0.05) is 36.9 Å². The lowest BCUT2D eigenvalue weighted by Crippen LogP contribution is -2.27. The van der Waals surface area contributed by atoms with Crippen molar-refractivity contribution >= 4 is 33.4 Å². The lowest BCUT2D eigenvalue weighted by Gasteiger charge is -2.15. The van der Waals surface area contributed by atoms with Gasteiger partial charge in [0.2, 0.25) is 15.9 Å². The third-order valence-electron chi connectivity index (χ3n) is 5.55. The highest BCUT2D eigenvalue weighted by atomic mass is 32.2.